The van der Waals surface area contributed by atoms with Crippen LogP contribution in [-0.2, 0) is 9.47 Å². The molecule has 2 saturated heterocycles. The summed E-state index contributed by atoms with van der Waals surface area (Å²) in [6.45, 7) is 2.92. The molecule has 0 saturated carbocycles. The molecule has 0 radical (unpaired) electrons. The molecule has 2 aliphatic rings. The minimum atomic E-state index is -0.170. The molecule has 0 bridgehead atoms. The Hall–Kier alpha value is -1.79. The second kappa shape index (κ2) is 7.85. The normalized spacial score (nSPS) is 25.2. The number of hydrogen-bond acceptors (Lipinski definition) is 5. The van der Waals surface area contributed by atoms with Gasteiger partial charge >= 0.3 is 0 Å². The van der Waals surface area contributed by atoms with Gasteiger partial charge < -0.3 is 24.6 Å². The van der Waals surface area contributed by atoms with Gasteiger partial charge in [0, 0.05) is 37.3 Å². The van der Waals surface area contributed by atoms with Crippen molar-refractivity contribution in [3.05, 3.63) is 23.8 Å². The lowest BCUT2D eigenvalue weighted by Crippen LogP contribution is -2.49. The van der Waals surface area contributed by atoms with E-state index >= 15 is 0 Å². The molecule has 0 aliphatic carbocycles. The molecule has 2 aliphatic heterocycles. The Bertz CT molecular complexity index is 571. The molecule has 0 unspecified atom stereocenters. The lowest BCUT2D eigenvalue weighted by molar-refractivity contribution is -0.0259. The molecule has 2 heterocycles. The van der Waals surface area contributed by atoms with E-state index in [0.717, 1.165) is 32.5 Å². The highest BCUT2D eigenvalue weighted by atomic mass is 16.5. The van der Waals surface area contributed by atoms with Gasteiger partial charge in [-0.1, -0.05) is 0 Å². The Balaban J connectivity index is 1.68. The average molecular weight is 335 g/mol. The van der Waals surface area contributed by atoms with Crippen molar-refractivity contribution in [3.8, 4) is 11.5 Å². The number of benzene rings is 1. The van der Waals surface area contributed by atoms with E-state index in [2.05, 4.69) is 5.32 Å². The molecular weight excluding hydrogens is 310 g/mol. The van der Waals surface area contributed by atoms with Gasteiger partial charge in [-0.15, -0.1) is 0 Å². The van der Waals surface area contributed by atoms with Gasteiger partial charge in [-0.3, -0.25) is 4.79 Å². The zero-order valence-corrected chi connectivity index (χ0v) is 14.0. The second-order valence-corrected chi connectivity index (χ2v) is 6.44. The number of rotatable bonds is 4. The predicted molar refractivity (Wildman–Crippen MR) is 88.4 cm³/mol. The molecule has 2 atom stereocenters. The maximum atomic E-state index is 12.6. The fourth-order valence-corrected chi connectivity index (χ4v) is 3.63. The first-order valence-corrected chi connectivity index (χ1v) is 8.52. The lowest BCUT2D eigenvalue weighted by Gasteiger charge is -2.39. The molecule has 0 spiro atoms. The summed E-state index contributed by atoms with van der Waals surface area (Å²) < 4.78 is 16.1. The van der Waals surface area contributed by atoms with Gasteiger partial charge in [0.15, 0.2) is 11.5 Å². The SMILES string of the molecule is COc1ccc(C(=O)N[C@@H]2CCOC[C@@H]2C2CCOCC2)cc1O. The zero-order valence-electron chi connectivity index (χ0n) is 14.0. The Morgan fingerprint density at radius 1 is 1.21 bits per heavy atom. The highest BCUT2D eigenvalue weighted by molar-refractivity contribution is 5.95. The highest BCUT2D eigenvalue weighted by Crippen LogP contribution is 2.31. The van der Waals surface area contributed by atoms with Crippen LogP contribution >= 0.6 is 0 Å². The first-order valence-electron chi connectivity index (χ1n) is 8.52. The molecule has 1 aromatic rings. The number of amides is 1. The first kappa shape index (κ1) is 17.0. The molecule has 1 amide bonds. The Morgan fingerprint density at radius 2 is 1.96 bits per heavy atom. The van der Waals surface area contributed by atoms with Crippen LogP contribution in [0.2, 0.25) is 0 Å². The van der Waals surface area contributed by atoms with Crippen LogP contribution in [0.1, 0.15) is 29.6 Å². The molecule has 6 nitrogen and oxygen atoms in total. The van der Waals surface area contributed by atoms with Crippen molar-refractivity contribution in [2.45, 2.75) is 25.3 Å². The Labute approximate surface area is 142 Å². The summed E-state index contributed by atoms with van der Waals surface area (Å²) in [5.41, 5.74) is 0.436. The topological polar surface area (TPSA) is 77.0 Å². The largest absolute Gasteiger partial charge is 0.504 e. The maximum absolute atomic E-state index is 12.6. The molecular formula is C18H25NO5. The van der Waals surface area contributed by atoms with Crippen LogP contribution in [0.5, 0.6) is 11.5 Å². The van der Waals surface area contributed by atoms with Crippen LogP contribution < -0.4 is 10.1 Å². The van der Waals surface area contributed by atoms with Gasteiger partial charge in [0.05, 0.1) is 13.7 Å². The third-order valence-electron chi connectivity index (χ3n) is 5.03. The number of nitrogens with one attached hydrogen (secondary N) is 1. The minimum absolute atomic E-state index is 0.0295. The standard InChI is InChI=1S/C18H25NO5/c1-22-17-3-2-13(10-16(17)20)18(21)19-15-6-9-24-11-14(15)12-4-7-23-8-5-12/h2-3,10,12,14-15,20H,4-9,11H2,1H3,(H,19,21)/t14-,15-/m1/s1. The molecule has 3 rings (SSSR count). The van der Waals surface area contributed by atoms with E-state index in [9.17, 15) is 9.90 Å². The van der Waals surface area contributed by atoms with Gasteiger partial charge in [0.1, 0.15) is 0 Å². The third kappa shape index (κ3) is 3.82. The number of ether oxygens (including phenoxy) is 3. The van der Waals surface area contributed by atoms with E-state index in [1.165, 1.54) is 13.2 Å². The minimum Gasteiger partial charge on any atom is -0.504 e. The number of carbonyl (C=O) groups is 1. The maximum Gasteiger partial charge on any atom is 0.251 e. The molecule has 0 aromatic heterocycles. The number of phenolic OH excluding ortho intramolecular Hbond substituents is 1. The Morgan fingerprint density at radius 3 is 2.67 bits per heavy atom. The summed E-state index contributed by atoms with van der Waals surface area (Å²) in [7, 11) is 1.48. The molecule has 2 N–H and O–H groups in total. The van der Waals surface area contributed by atoms with Crippen molar-refractivity contribution in [3.63, 3.8) is 0 Å². The van der Waals surface area contributed by atoms with E-state index in [4.69, 9.17) is 14.2 Å². The molecule has 1 aromatic carbocycles. The lowest BCUT2D eigenvalue weighted by atomic mass is 9.79. The van der Waals surface area contributed by atoms with Crippen LogP contribution in [0.15, 0.2) is 18.2 Å². The van der Waals surface area contributed by atoms with Crippen LogP contribution in [0.4, 0.5) is 0 Å². The summed E-state index contributed by atoms with van der Waals surface area (Å²) in [5, 5.41) is 13.0. The molecule has 2 fully saturated rings. The summed E-state index contributed by atoms with van der Waals surface area (Å²) >= 11 is 0. The summed E-state index contributed by atoms with van der Waals surface area (Å²) in [4.78, 5) is 12.6. The molecule has 6 heteroatoms. The van der Waals surface area contributed by atoms with Crippen LogP contribution in [0, 0.1) is 11.8 Å². The van der Waals surface area contributed by atoms with E-state index < -0.39 is 0 Å². The van der Waals surface area contributed by atoms with Crippen LogP contribution in [0.3, 0.4) is 0 Å². The van der Waals surface area contributed by atoms with E-state index in [1.54, 1.807) is 12.1 Å². The van der Waals surface area contributed by atoms with Crippen LogP contribution in [0.25, 0.3) is 0 Å². The fourth-order valence-electron chi connectivity index (χ4n) is 3.63. The highest BCUT2D eigenvalue weighted by Gasteiger charge is 2.34. The summed E-state index contributed by atoms with van der Waals surface area (Å²) in [5.74, 6) is 1.000. The number of methoxy groups -OCH3 is 1. The van der Waals surface area contributed by atoms with Crippen molar-refractivity contribution in [1.29, 1.82) is 0 Å². The van der Waals surface area contributed by atoms with Crippen molar-refractivity contribution >= 4 is 5.91 Å². The molecule has 132 valence electrons. The van der Waals surface area contributed by atoms with Crippen molar-refractivity contribution in [2.75, 3.05) is 33.5 Å². The first-order chi connectivity index (χ1) is 11.7. The number of carbonyl (C=O) groups excluding carboxylic acids is 1. The molecule has 24 heavy (non-hydrogen) atoms. The van der Waals surface area contributed by atoms with Crippen LogP contribution in [-0.4, -0.2) is 50.6 Å². The quantitative estimate of drug-likeness (QED) is 0.880. The number of phenols is 1. The van der Waals surface area contributed by atoms with E-state index in [-0.39, 0.29) is 17.7 Å². The van der Waals surface area contributed by atoms with Gasteiger partial charge in [-0.25, -0.2) is 0 Å². The van der Waals surface area contributed by atoms with Gasteiger partial charge in [-0.05, 0) is 43.4 Å². The fraction of sp³-hybridized carbons (Fsp3) is 0.611. The monoisotopic (exact) mass is 335 g/mol. The van der Waals surface area contributed by atoms with Gasteiger partial charge in [0.25, 0.3) is 5.91 Å². The van der Waals surface area contributed by atoms with E-state index in [0.29, 0.717) is 36.4 Å². The van der Waals surface area contributed by atoms with E-state index in [1.807, 2.05) is 0 Å². The predicted octanol–water partition coefficient (Wildman–Crippen LogP) is 1.96. The van der Waals surface area contributed by atoms with Crippen molar-refractivity contribution < 1.29 is 24.1 Å². The van der Waals surface area contributed by atoms with Gasteiger partial charge in [-0.2, -0.15) is 0 Å². The van der Waals surface area contributed by atoms with Gasteiger partial charge in [0.2, 0.25) is 0 Å². The summed E-state index contributed by atoms with van der Waals surface area (Å²) in [6, 6.07) is 4.80. The summed E-state index contributed by atoms with van der Waals surface area (Å²) in [6.07, 6.45) is 2.85. The third-order valence-corrected chi connectivity index (χ3v) is 5.03. The second-order valence-electron chi connectivity index (χ2n) is 6.44. The average Bonchev–Trinajstić information content (AvgIpc) is 2.63. The smallest absolute Gasteiger partial charge is 0.251 e. The number of hydrogen-bond donors (Lipinski definition) is 2. The van der Waals surface area contributed by atoms with Crippen molar-refractivity contribution in [1.82, 2.24) is 5.32 Å². The van der Waals surface area contributed by atoms with Crippen molar-refractivity contribution in [2.24, 2.45) is 11.8 Å². The Kier molecular flexibility index (Phi) is 5.58. The zero-order chi connectivity index (χ0) is 16.9. The number of aromatic hydroxyl groups is 1.